The largest absolute Gasteiger partial charge is 0.492 e. The van der Waals surface area contributed by atoms with Crippen LogP contribution in [0, 0.1) is 13.8 Å². The van der Waals surface area contributed by atoms with Gasteiger partial charge < -0.3 is 19.7 Å². The van der Waals surface area contributed by atoms with Crippen molar-refractivity contribution in [2.24, 2.45) is 4.99 Å². The van der Waals surface area contributed by atoms with E-state index in [1.807, 2.05) is 14.1 Å². The minimum absolute atomic E-state index is 0.628. The van der Waals surface area contributed by atoms with Gasteiger partial charge in [0.25, 0.3) is 0 Å². The molecule has 1 aromatic rings. The van der Waals surface area contributed by atoms with Gasteiger partial charge >= 0.3 is 0 Å². The minimum atomic E-state index is 0.628. The number of guanidine groups is 1. The zero-order chi connectivity index (χ0) is 18.1. The fourth-order valence-corrected chi connectivity index (χ4v) is 2.93. The number of ether oxygens (including phenoxy) is 2. The van der Waals surface area contributed by atoms with E-state index in [2.05, 4.69) is 53.3 Å². The summed E-state index contributed by atoms with van der Waals surface area (Å²) in [5.74, 6) is 1.83. The van der Waals surface area contributed by atoms with Crippen molar-refractivity contribution in [2.45, 2.75) is 26.7 Å². The van der Waals surface area contributed by atoms with E-state index in [4.69, 9.17) is 9.47 Å². The summed E-state index contributed by atoms with van der Waals surface area (Å²) in [5, 5.41) is 3.42. The quantitative estimate of drug-likeness (QED) is 0.469. The van der Waals surface area contributed by atoms with Crippen molar-refractivity contribution in [3.8, 4) is 5.75 Å². The molecule has 0 unspecified atom stereocenters. The van der Waals surface area contributed by atoms with Gasteiger partial charge in [-0.15, -0.1) is 0 Å². The van der Waals surface area contributed by atoms with Crippen LogP contribution in [-0.2, 0) is 4.74 Å². The number of hydrogen-bond acceptors (Lipinski definition) is 3. The lowest BCUT2D eigenvalue weighted by atomic mass is 10.1. The molecule has 1 aliphatic heterocycles. The lowest BCUT2D eigenvalue weighted by Crippen LogP contribution is -2.41. The third-order valence-corrected chi connectivity index (χ3v) is 4.25. The zero-order valence-electron chi connectivity index (χ0n) is 16.0. The van der Waals surface area contributed by atoms with E-state index in [1.165, 1.54) is 16.7 Å². The number of rotatable bonds is 7. The second kappa shape index (κ2) is 10.1. The highest BCUT2D eigenvalue weighted by atomic mass is 16.5. The molecule has 0 saturated carbocycles. The van der Waals surface area contributed by atoms with Crippen molar-refractivity contribution >= 4 is 5.96 Å². The summed E-state index contributed by atoms with van der Waals surface area (Å²) in [7, 11) is 3.85. The van der Waals surface area contributed by atoms with Crippen molar-refractivity contribution < 1.29 is 9.47 Å². The standard InChI is InChI=1S/C20H31N3O2/c1-16-13-17(2)15-19(14-16)25-12-9-23(4)20(21-3)22-8-5-18-6-10-24-11-7-18/h6,13-15H,5,7-12H2,1-4H3,(H,21,22). The number of aliphatic imine (C=N–C) groups is 1. The molecule has 0 radical (unpaired) electrons. The molecule has 0 aromatic heterocycles. The van der Waals surface area contributed by atoms with Crippen LogP contribution in [0.5, 0.6) is 5.75 Å². The van der Waals surface area contributed by atoms with Crippen LogP contribution in [0.25, 0.3) is 0 Å². The van der Waals surface area contributed by atoms with Gasteiger partial charge in [-0.3, -0.25) is 4.99 Å². The van der Waals surface area contributed by atoms with Crippen LogP contribution in [-0.4, -0.2) is 57.9 Å². The molecule has 2 rings (SSSR count). The van der Waals surface area contributed by atoms with Crippen molar-refractivity contribution in [2.75, 3.05) is 47.0 Å². The van der Waals surface area contributed by atoms with Gasteiger partial charge in [0.1, 0.15) is 12.4 Å². The van der Waals surface area contributed by atoms with Gasteiger partial charge in [-0.1, -0.05) is 17.7 Å². The zero-order valence-corrected chi connectivity index (χ0v) is 16.0. The molecule has 1 aliphatic rings. The molecular formula is C20H31N3O2. The predicted molar refractivity (Wildman–Crippen MR) is 104 cm³/mol. The molecule has 1 aromatic carbocycles. The van der Waals surface area contributed by atoms with Crippen molar-refractivity contribution in [3.63, 3.8) is 0 Å². The van der Waals surface area contributed by atoms with E-state index >= 15 is 0 Å². The number of nitrogens with zero attached hydrogens (tertiary/aromatic N) is 2. The van der Waals surface area contributed by atoms with E-state index < -0.39 is 0 Å². The third kappa shape index (κ3) is 6.78. The summed E-state index contributed by atoms with van der Waals surface area (Å²) in [5.41, 5.74) is 3.92. The number of hydrogen-bond donors (Lipinski definition) is 1. The summed E-state index contributed by atoms with van der Waals surface area (Å²) in [6.07, 6.45) is 4.27. The molecule has 1 heterocycles. The molecule has 0 amide bonds. The van der Waals surface area contributed by atoms with Gasteiger partial charge in [0.15, 0.2) is 5.96 Å². The van der Waals surface area contributed by atoms with Crippen molar-refractivity contribution in [3.05, 3.63) is 41.0 Å². The van der Waals surface area contributed by atoms with E-state index in [1.54, 1.807) is 0 Å². The van der Waals surface area contributed by atoms with Gasteiger partial charge in [0.2, 0.25) is 0 Å². The number of nitrogens with one attached hydrogen (secondary N) is 1. The maximum absolute atomic E-state index is 5.89. The highest BCUT2D eigenvalue weighted by Crippen LogP contribution is 2.16. The van der Waals surface area contributed by atoms with Crippen LogP contribution in [0.3, 0.4) is 0 Å². The van der Waals surface area contributed by atoms with E-state index in [0.717, 1.165) is 50.9 Å². The molecule has 0 bridgehead atoms. The normalized spacial score (nSPS) is 14.9. The lowest BCUT2D eigenvalue weighted by Gasteiger charge is -2.23. The first-order chi connectivity index (χ1) is 12.1. The molecule has 25 heavy (non-hydrogen) atoms. The van der Waals surface area contributed by atoms with Gasteiger partial charge in [-0.2, -0.15) is 0 Å². The Kier molecular flexibility index (Phi) is 7.79. The van der Waals surface area contributed by atoms with Crippen LogP contribution >= 0.6 is 0 Å². The topological polar surface area (TPSA) is 46.1 Å². The summed E-state index contributed by atoms with van der Waals surface area (Å²) in [4.78, 5) is 6.45. The fourth-order valence-electron chi connectivity index (χ4n) is 2.93. The Labute approximate surface area is 151 Å². The summed E-state index contributed by atoms with van der Waals surface area (Å²) in [6, 6.07) is 6.29. The molecule has 5 nitrogen and oxygen atoms in total. The molecule has 0 saturated heterocycles. The lowest BCUT2D eigenvalue weighted by molar-refractivity contribution is 0.153. The maximum atomic E-state index is 5.89. The predicted octanol–water partition coefficient (Wildman–Crippen LogP) is 2.93. The fraction of sp³-hybridized carbons (Fsp3) is 0.550. The third-order valence-electron chi connectivity index (χ3n) is 4.25. The first-order valence-electron chi connectivity index (χ1n) is 8.97. The molecule has 138 valence electrons. The van der Waals surface area contributed by atoms with E-state index in [9.17, 15) is 0 Å². The Morgan fingerprint density at radius 2 is 2.04 bits per heavy atom. The summed E-state index contributed by atoms with van der Waals surface area (Å²) in [6.45, 7) is 8.07. The highest BCUT2D eigenvalue weighted by molar-refractivity contribution is 5.79. The number of likely N-dealkylation sites (N-methyl/N-ethyl adjacent to an activating group) is 1. The SMILES string of the molecule is CN=C(NCCC1=CCOCC1)N(C)CCOc1cc(C)cc(C)c1. The van der Waals surface area contributed by atoms with Crippen LogP contribution in [0.15, 0.2) is 34.8 Å². The first kappa shape index (κ1) is 19.3. The maximum Gasteiger partial charge on any atom is 0.193 e. The average Bonchev–Trinajstić information content (AvgIpc) is 2.58. The van der Waals surface area contributed by atoms with Gasteiger partial charge in [-0.05, 0) is 49.9 Å². The van der Waals surface area contributed by atoms with Crippen molar-refractivity contribution in [1.82, 2.24) is 10.2 Å². The monoisotopic (exact) mass is 345 g/mol. The molecule has 0 atom stereocenters. The summed E-state index contributed by atoms with van der Waals surface area (Å²) < 4.78 is 11.2. The molecule has 0 spiro atoms. The highest BCUT2D eigenvalue weighted by Gasteiger charge is 2.08. The molecule has 0 aliphatic carbocycles. The second-order valence-electron chi connectivity index (χ2n) is 6.50. The van der Waals surface area contributed by atoms with E-state index in [0.29, 0.717) is 6.61 Å². The molecule has 0 fully saturated rings. The Morgan fingerprint density at radius 3 is 2.68 bits per heavy atom. The van der Waals surface area contributed by atoms with Gasteiger partial charge in [0.05, 0.1) is 19.8 Å². The average molecular weight is 345 g/mol. The van der Waals surface area contributed by atoms with E-state index in [-0.39, 0.29) is 0 Å². The van der Waals surface area contributed by atoms with Crippen LogP contribution in [0.1, 0.15) is 24.0 Å². The first-order valence-corrected chi connectivity index (χ1v) is 8.97. The van der Waals surface area contributed by atoms with Crippen LogP contribution < -0.4 is 10.1 Å². The Balaban J connectivity index is 1.71. The molecular weight excluding hydrogens is 314 g/mol. The van der Waals surface area contributed by atoms with Crippen LogP contribution in [0.4, 0.5) is 0 Å². The van der Waals surface area contributed by atoms with Crippen LogP contribution in [0.2, 0.25) is 0 Å². The van der Waals surface area contributed by atoms with Gasteiger partial charge in [0, 0.05) is 20.6 Å². The smallest absolute Gasteiger partial charge is 0.193 e. The number of aryl methyl sites for hydroxylation is 2. The minimum Gasteiger partial charge on any atom is -0.492 e. The van der Waals surface area contributed by atoms with Gasteiger partial charge in [-0.25, -0.2) is 0 Å². The Hall–Kier alpha value is -2.01. The second-order valence-corrected chi connectivity index (χ2v) is 6.50. The summed E-state index contributed by atoms with van der Waals surface area (Å²) >= 11 is 0. The Morgan fingerprint density at radius 1 is 1.28 bits per heavy atom. The van der Waals surface area contributed by atoms with Crippen molar-refractivity contribution in [1.29, 1.82) is 0 Å². The molecule has 5 heteroatoms. The Bertz CT molecular complexity index is 591. The number of benzene rings is 1. The molecule has 1 N–H and O–H groups in total.